The molecular weight excluding hydrogens is 424 g/mol. The fourth-order valence-electron chi connectivity index (χ4n) is 3.13. The van der Waals surface area contributed by atoms with Crippen LogP contribution in [0.5, 0.6) is 11.5 Å². The highest BCUT2D eigenvalue weighted by Crippen LogP contribution is 2.23. The van der Waals surface area contributed by atoms with Crippen molar-refractivity contribution in [2.75, 3.05) is 16.0 Å². The predicted octanol–water partition coefficient (Wildman–Crippen LogP) is 3.68. The molecule has 11 nitrogen and oxygen atoms in total. The normalized spacial score (nSPS) is 10.8. The molecule has 7 N–H and O–H groups in total. The average molecular weight is 442 g/mol. The number of anilines is 6. The van der Waals surface area contributed by atoms with Gasteiger partial charge in [-0.25, -0.2) is 4.79 Å². The lowest BCUT2D eigenvalue weighted by atomic mass is 10.3. The standard InChI is InChI=1S/C22H18N8O3/c31-15-6-1-12(2-7-15)23-19-28-20(24-13-3-8-16(32)9-4-13)30-21(29-19)25-14-5-10-17-18(11-14)27-22(33)26-17/h1-11,31-32H,(H2,26,27,33)(H3,23,24,25,28,29,30). The van der Waals surface area contributed by atoms with E-state index in [9.17, 15) is 15.0 Å². The van der Waals surface area contributed by atoms with Crippen molar-refractivity contribution in [3.8, 4) is 11.5 Å². The fraction of sp³-hybridized carbons (Fsp3) is 0. The van der Waals surface area contributed by atoms with E-state index in [1.165, 1.54) is 0 Å². The number of aromatic nitrogens is 5. The van der Waals surface area contributed by atoms with E-state index in [1.807, 2.05) is 0 Å². The summed E-state index contributed by atoms with van der Waals surface area (Å²) in [6.07, 6.45) is 0. The summed E-state index contributed by atoms with van der Waals surface area (Å²) in [5.74, 6) is 1.06. The number of hydrogen-bond donors (Lipinski definition) is 7. The molecule has 0 amide bonds. The first kappa shape index (κ1) is 19.9. The van der Waals surface area contributed by atoms with Crippen molar-refractivity contribution in [3.05, 3.63) is 77.2 Å². The summed E-state index contributed by atoms with van der Waals surface area (Å²) in [5, 5.41) is 28.3. The second kappa shape index (κ2) is 8.23. The number of nitrogens with zero attached hydrogens (tertiary/aromatic N) is 3. The number of phenolic OH excluding ortho intramolecular Hbond substituents is 2. The molecule has 0 bridgehead atoms. The number of fused-ring (bicyclic) bond motifs is 1. The van der Waals surface area contributed by atoms with Gasteiger partial charge in [-0.05, 0) is 66.7 Å². The second-order valence-electron chi connectivity index (χ2n) is 7.11. The van der Waals surface area contributed by atoms with Crippen molar-refractivity contribution in [1.29, 1.82) is 0 Å². The minimum Gasteiger partial charge on any atom is -0.508 e. The average Bonchev–Trinajstić information content (AvgIpc) is 3.16. The number of benzene rings is 3. The summed E-state index contributed by atoms with van der Waals surface area (Å²) in [5.41, 5.74) is 3.05. The third-order valence-corrected chi connectivity index (χ3v) is 4.65. The first-order valence-corrected chi connectivity index (χ1v) is 9.87. The molecule has 11 heteroatoms. The van der Waals surface area contributed by atoms with Gasteiger partial charge in [-0.2, -0.15) is 15.0 Å². The van der Waals surface area contributed by atoms with Crippen LogP contribution in [0.4, 0.5) is 34.9 Å². The Labute approximate surface area is 186 Å². The van der Waals surface area contributed by atoms with Crippen molar-refractivity contribution < 1.29 is 10.2 Å². The molecule has 5 rings (SSSR count). The molecule has 5 aromatic rings. The van der Waals surface area contributed by atoms with E-state index in [0.29, 0.717) is 28.1 Å². The van der Waals surface area contributed by atoms with E-state index < -0.39 is 0 Å². The lowest BCUT2D eigenvalue weighted by Gasteiger charge is -2.12. The minimum atomic E-state index is -0.289. The maximum Gasteiger partial charge on any atom is 0.323 e. The smallest absolute Gasteiger partial charge is 0.323 e. The van der Waals surface area contributed by atoms with Crippen molar-refractivity contribution in [2.24, 2.45) is 0 Å². The summed E-state index contributed by atoms with van der Waals surface area (Å²) in [7, 11) is 0. The summed E-state index contributed by atoms with van der Waals surface area (Å²) in [4.78, 5) is 30.2. The first-order chi connectivity index (χ1) is 16.0. The Hall–Kier alpha value is -5.06. The number of phenols is 2. The molecule has 2 aromatic heterocycles. The van der Waals surface area contributed by atoms with Crippen LogP contribution in [0.25, 0.3) is 11.0 Å². The van der Waals surface area contributed by atoms with E-state index >= 15 is 0 Å². The predicted molar refractivity (Wildman–Crippen MR) is 125 cm³/mol. The number of H-pyrrole nitrogens is 2. The van der Waals surface area contributed by atoms with Crippen LogP contribution < -0.4 is 21.6 Å². The second-order valence-corrected chi connectivity index (χ2v) is 7.11. The molecule has 33 heavy (non-hydrogen) atoms. The van der Waals surface area contributed by atoms with E-state index in [0.717, 1.165) is 0 Å². The molecule has 3 aromatic carbocycles. The van der Waals surface area contributed by atoms with Gasteiger partial charge in [-0.3, -0.25) is 0 Å². The van der Waals surface area contributed by atoms with E-state index in [4.69, 9.17) is 0 Å². The Morgan fingerprint density at radius 1 is 0.576 bits per heavy atom. The molecule has 164 valence electrons. The van der Waals surface area contributed by atoms with Gasteiger partial charge in [0.1, 0.15) is 11.5 Å². The molecule has 0 fully saturated rings. The summed E-state index contributed by atoms with van der Waals surface area (Å²) >= 11 is 0. The van der Waals surface area contributed by atoms with E-state index in [1.54, 1.807) is 66.7 Å². The van der Waals surface area contributed by atoms with Gasteiger partial charge >= 0.3 is 5.69 Å². The number of nitrogens with one attached hydrogen (secondary N) is 5. The number of aromatic amines is 2. The highest BCUT2D eigenvalue weighted by molar-refractivity contribution is 5.79. The summed E-state index contributed by atoms with van der Waals surface area (Å²) in [6, 6.07) is 18.3. The highest BCUT2D eigenvalue weighted by Gasteiger charge is 2.09. The van der Waals surface area contributed by atoms with Crippen LogP contribution in [-0.2, 0) is 0 Å². The molecule has 0 aliphatic rings. The molecular formula is C22H18N8O3. The van der Waals surface area contributed by atoms with Crippen molar-refractivity contribution >= 4 is 45.9 Å². The highest BCUT2D eigenvalue weighted by atomic mass is 16.3. The van der Waals surface area contributed by atoms with Crippen molar-refractivity contribution in [2.45, 2.75) is 0 Å². The lowest BCUT2D eigenvalue weighted by Crippen LogP contribution is -2.07. The van der Waals surface area contributed by atoms with Crippen LogP contribution in [0, 0.1) is 0 Å². The zero-order valence-electron chi connectivity index (χ0n) is 17.0. The molecule has 0 atom stereocenters. The summed E-state index contributed by atoms with van der Waals surface area (Å²) in [6.45, 7) is 0. The maximum atomic E-state index is 11.5. The zero-order chi connectivity index (χ0) is 22.8. The van der Waals surface area contributed by atoms with Gasteiger partial charge in [0, 0.05) is 17.1 Å². The first-order valence-electron chi connectivity index (χ1n) is 9.87. The topological polar surface area (TPSA) is 164 Å². The Morgan fingerprint density at radius 3 is 1.52 bits per heavy atom. The van der Waals surface area contributed by atoms with Gasteiger partial charge in [-0.1, -0.05) is 0 Å². The third kappa shape index (κ3) is 4.66. The van der Waals surface area contributed by atoms with Gasteiger partial charge in [0.2, 0.25) is 17.8 Å². The van der Waals surface area contributed by atoms with Gasteiger partial charge in [0.15, 0.2) is 0 Å². The van der Waals surface area contributed by atoms with E-state index in [2.05, 4.69) is 40.9 Å². The van der Waals surface area contributed by atoms with Crippen molar-refractivity contribution in [1.82, 2.24) is 24.9 Å². The Kier molecular flexibility index (Phi) is 4.96. The lowest BCUT2D eigenvalue weighted by molar-refractivity contribution is 0.475. The minimum absolute atomic E-state index is 0.145. The Morgan fingerprint density at radius 2 is 1.00 bits per heavy atom. The van der Waals surface area contributed by atoms with Crippen LogP contribution in [0.1, 0.15) is 0 Å². The quantitative estimate of drug-likeness (QED) is 0.194. The fourth-order valence-corrected chi connectivity index (χ4v) is 3.13. The van der Waals surface area contributed by atoms with Crippen LogP contribution in [0.15, 0.2) is 71.5 Å². The Bertz CT molecular complexity index is 1410. The third-order valence-electron chi connectivity index (χ3n) is 4.65. The number of aromatic hydroxyl groups is 2. The SMILES string of the molecule is O=c1[nH]c2ccc(Nc3nc(Nc4ccc(O)cc4)nc(Nc4ccc(O)cc4)n3)cc2[nH]1. The molecule has 0 radical (unpaired) electrons. The molecule has 0 saturated carbocycles. The Balaban J connectivity index is 1.47. The van der Waals surface area contributed by atoms with Crippen LogP contribution >= 0.6 is 0 Å². The molecule has 0 unspecified atom stereocenters. The van der Waals surface area contributed by atoms with Gasteiger partial charge in [0.25, 0.3) is 0 Å². The molecule has 0 aliphatic carbocycles. The van der Waals surface area contributed by atoms with Crippen molar-refractivity contribution in [3.63, 3.8) is 0 Å². The number of rotatable bonds is 6. The van der Waals surface area contributed by atoms with Gasteiger partial charge in [0.05, 0.1) is 11.0 Å². The zero-order valence-corrected chi connectivity index (χ0v) is 17.0. The molecule has 2 heterocycles. The molecule has 0 aliphatic heterocycles. The number of imidazole rings is 1. The maximum absolute atomic E-state index is 11.5. The molecule has 0 saturated heterocycles. The van der Waals surface area contributed by atoms with Crippen LogP contribution in [0.2, 0.25) is 0 Å². The largest absolute Gasteiger partial charge is 0.508 e. The summed E-state index contributed by atoms with van der Waals surface area (Å²) < 4.78 is 0. The van der Waals surface area contributed by atoms with Crippen LogP contribution in [-0.4, -0.2) is 35.1 Å². The molecule has 0 spiro atoms. The van der Waals surface area contributed by atoms with Gasteiger partial charge in [-0.15, -0.1) is 0 Å². The monoisotopic (exact) mass is 442 g/mol. The van der Waals surface area contributed by atoms with Gasteiger partial charge < -0.3 is 36.1 Å². The van der Waals surface area contributed by atoms with E-state index in [-0.39, 0.29) is 35.0 Å². The number of hydrogen-bond acceptors (Lipinski definition) is 9. The van der Waals surface area contributed by atoms with Crippen LogP contribution in [0.3, 0.4) is 0 Å².